The van der Waals surface area contributed by atoms with Crippen LogP contribution < -0.4 is 5.73 Å². The number of hydrogen-bond donors (Lipinski definition) is 1. The highest BCUT2D eigenvalue weighted by molar-refractivity contribution is 5.78. The number of guanidine groups is 1. The van der Waals surface area contributed by atoms with Gasteiger partial charge in [0.25, 0.3) is 0 Å². The van der Waals surface area contributed by atoms with E-state index in [0.717, 1.165) is 19.5 Å². The molecule has 0 radical (unpaired) electrons. The molecule has 1 saturated heterocycles. The minimum Gasteiger partial charge on any atom is -0.370 e. The third-order valence-corrected chi connectivity index (χ3v) is 3.01. The molecule has 0 aromatic rings. The van der Waals surface area contributed by atoms with E-state index < -0.39 is 0 Å². The predicted molar refractivity (Wildman–Crippen MR) is 65.1 cm³/mol. The number of nitrogens with two attached hydrogens (primary N) is 1. The van der Waals surface area contributed by atoms with Crippen molar-refractivity contribution in [2.45, 2.75) is 32.2 Å². The molecule has 0 aromatic heterocycles. The largest absolute Gasteiger partial charge is 0.370 e. The molecule has 1 rings (SSSR count). The van der Waals surface area contributed by atoms with Gasteiger partial charge in [-0.05, 0) is 32.9 Å². The maximum Gasteiger partial charge on any atom is 0.191 e. The Kier molecular flexibility index (Phi) is 4.88. The molecule has 15 heavy (non-hydrogen) atoms. The van der Waals surface area contributed by atoms with E-state index in [-0.39, 0.29) is 0 Å². The number of likely N-dealkylation sites (tertiary alicyclic amines) is 1. The molecule has 1 aliphatic heterocycles. The summed E-state index contributed by atoms with van der Waals surface area (Å²) in [6, 6.07) is 0.532. The van der Waals surface area contributed by atoms with Gasteiger partial charge < -0.3 is 15.5 Å². The Hall–Kier alpha value is -0.770. The van der Waals surface area contributed by atoms with E-state index in [9.17, 15) is 0 Å². The van der Waals surface area contributed by atoms with Gasteiger partial charge >= 0.3 is 0 Å². The van der Waals surface area contributed by atoms with Crippen molar-refractivity contribution >= 4 is 5.96 Å². The maximum absolute atomic E-state index is 5.94. The van der Waals surface area contributed by atoms with Crippen molar-refractivity contribution in [1.82, 2.24) is 9.80 Å². The molecular formula is C11H24N4. The molecule has 4 heteroatoms. The average molecular weight is 212 g/mol. The Balaban J connectivity index is 2.47. The van der Waals surface area contributed by atoms with E-state index in [1.54, 1.807) is 0 Å². The van der Waals surface area contributed by atoms with Gasteiger partial charge in [-0.1, -0.05) is 6.92 Å². The van der Waals surface area contributed by atoms with Crippen molar-refractivity contribution in [3.63, 3.8) is 0 Å². The van der Waals surface area contributed by atoms with Gasteiger partial charge in [0.1, 0.15) is 0 Å². The van der Waals surface area contributed by atoms with Crippen LogP contribution in [0.5, 0.6) is 0 Å². The lowest BCUT2D eigenvalue weighted by atomic mass is 10.1. The second-order valence-electron chi connectivity index (χ2n) is 4.41. The van der Waals surface area contributed by atoms with Gasteiger partial charge in [0.05, 0.1) is 0 Å². The van der Waals surface area contributed by atoms with Crippen molar-refractivity contribution in [2.75, 3.05) is 33.7 Å². The normalized spacial score (nSPS) is 24.2. The SMILES string of the molecule is CCCN=C(N)N(C)C1CCCN(C)C1. The monoisotopic (exact) mass is 212 g/mol. The first kappa shape index (κ1) is 12.3. The van der Waals surface area contributed by atoms with Crippen LogP contribution in [-0.4, -0.2) is 55.5 Å². The molecule has 0 bridgehead atoms. The van der Waals surface area contributed by atoms with Gasteiger partial charge in [-0.2, -0.15) is 0 Å². The van der Waals surface area contributed by atoms with E-state index in [2.05, 4.69) is 35.8 Å². The fourth-order valence-electron chi connectivity index (χ4n) is 1.98. The molecule has 1 aliphatic rings. The smallest absolute Gasteiger partial charge is 0.191 e. The van der Waals surface area contributed by atoms with Crippen molar-refractivity contribution in [3.05, 3.63) is 0 Å². The molecule has 0 spiro atoms. The number of aliphatic imine (C=N–C) groups is 1. The van der Waals surface area contributed by atoms with Crippen molar-refractivity contribution in [3.8, 4) is 0 Å². The first-order chi connectivity index (χ1) is 7.15. The molecular weight excluding hydrogens is 188 g/mol. The summed E-state index contributed by atoms with van der Waals surface area (Å²) in [5.74, 6) is 0.692. The maximum atomic E-state index is 5.94. The van der Waals surface area contributed by atoms with Crippen LogP contribution in [0.2, 0.25) is 0 Å². The number of rotatable bonds is 3. The Labute approximate surface area is 93.1 Å². The van der Waals surface area contributed by atoms with Crippen LogP contribution in [0, 0.1) is 0 Å². The van der Waals surface area contributed by atoms with E-state index in [1.807, 2.05) is 0 Å². The number of likely N-dealkylation sites (N-methyl/N-ethyl adjacent to an activating group) is 2. The van der Waals surface area contributed by atoms with Crippen LogP contribution >= 0.6 is 0 Å². The molecule has 2 N–H and O–H groups in total. The fourth-order valence-corrected chi connectivity index (χ4v) is 1.98. The number of hydrogen-bond acceptors (Lipinski definition) is 2. The fraction of sp³-hybridized carbons (Fsp3) is 0.909. The highest BCUT2D eigenvalue weighted by Gasteiger charge is 2.21. The summed E-state index contributed by atoms with van der Waals surface area (Å²) >= 11 is 0. The molecule has 1 fully saturated rings. The molecule has 0 aromatic carbocycles. The second-order valence-corrected chi connectivity index (χ2v) is 4.41. The topological polar surface area (TPSA) is 44.9 Å². The minimum absolute atomic E-state index is 0.532. The van der Waals surface area contributed by atoms with Crippen molar-refractivity contribution in [1.29, 1.82) is 0 Å². The highest BCUT2D eigenvalue weighted by atomic mass is 15.3. The zero-order valence-electron chi connectivity index (χ0n) is 10.2. The quantitative estimate of drug-likeness (QED) is 0.554. The number of nitrogens with zero attached hydrogens (tertiary/aromatic N) is 3. The van der Waals surface area contributed by atoms with E-state index in [0.29, 0.717) is 12.0 Å². The molecule has 1 unspecified atom stereocenters. The van der Waals surface area contributed by atoms with E-state index in [4.69, 9.17) is 5.73 Å². The molecule has 0 saturated carbocycles. The van der Waals surface area contributed by atoms with Crippen LogP contribution in [-0.2, 0) is 0 Å². The molecule has 0 amide bonds. The highest BCUT2D eigenvalue weighted by Crippen LogP contribution is 2.12. The summed E-state index contributed by atoms with van der Waals surface area (Å²) in [7, 11) is 4.22. The van der Waals surface area contributed by atoms with Gasteiger partial charge in [-0.25, -0.2) is 0 Å². The summed E-state index contributed by atoms with van der Waals surface area (Å²) in [5, 5.41) is 0. The van der Waals surface area contributed by atoms with Gasteiger partial charge in [0.2, 0.25) is 0 Å². The van der Waals surface area contributed by atoms with Gasteiger partial charge in [-0.3, -0.25) is 4.99 Å². The van der Waals surface area contributed by atoms with Crippen LogP contribution in [0.4, 0.5) is 0 Å². The first-order valence-electron chi connectivity index (χ1n) is 5.86. The zero-order chi connectivity index (χ0) is 11.3. The summed E-state index contributed by atoms with van der Waals surface area (Å²) in [6.45, 7) is 5.25. The average Bonchev–Trinajstić information content (AvgIpc) is 2.24. The van der Waals surface area contributed by atoms with Gasteiger partial charge in [0, 0.05) is 26.2 Å². The lowest BCUT2D eigenvalue weighted by Crippen LogP contribution is -2.49. The third kappa shape index (κ3) is 3.70. The molecule has 0 aliphatic carbocycles. The Morgan fingerprint density at radius 1 is 1.60 bits per heavy atom. The molecule has 1 atom stereocenters. The zero-order valence-corrected chi connectivity index (χ0v) is 10.2. The van der Waals surface area contributed by atoms with Crippen LogP contribution in [0.15, 0.2) is 4.99 Å². The second kappa shape index (κ2) is 5.95. The Bertz CT molecular complexity index is 215. The molecule has 1 heterocycles. The van der Waals surface area contributed by atoms with E-state index in [1.165, 1.54) is 19.4 Å². The molecule has 4 nitrogen and oxygen atoms in total. The summed E-state index contributed by atoms with van der Waals surface area (Å²) in [5.41, 5.74) is 5.94. The van der Waals surface area contributed by atoms with Gasteiger partial charge in [-0.15, -0.1) is 0 Å². The predicted octanol–water partition coefficient (Wildman–Crippen LogP) is 0.737. The Morgan fingerprint density at radius 2 is 2.33 bits per heavy atom. The summed E-state index contributed by atoms with van der Waals surface area (Å²) < 4.78 is 0. The van der Waals surface area contributed by atoms with Gasteiger partial charge in [0.15, 0.2) is 5.96 Å². The summed E-state index contributed by atoms with van der Waals surface area (Å²) in [4.78, 5) is 8.83. The van der Waals surface area contributed by atoms with Crippen molar-refractivity contribution < 1.29 is 0 Å². The Morgan fingerprint density at radius 3 is 2.93 bits per heavy atom. The standard InChI is InChI=1S/C11H24N4/c1-4-7-13-11(12)15(3)10-6-5-8-14(2)9-10/h10H,4-9H2,1-3H3,(H2,12,13). The van der Waals surface area contributed by atoms with Crippen LogP contribution in [0.3, 0.4) is 0 Å². The van der Waals surface area contributed by atoms with Crippen LogP contribution in [0.1, 0.15) is 26.2 Å². The number of piperidine rings is 1. The van der Waals surface area contributed by atoms with Crippen molar-refractivity contribution in [2.24, 2.45) is 10.7 Å². The van der Waals surface area contributed by atoms with Crippen LogP contribution in [0.25, 0.3) is 0 Å². The summed E-state index contributed by atoms with van der Waals surface area (Å²) in [6.07, 6.45) is 3.54. The lowest BCUT2D eigenvalue weighted by molar-refractivity contribution is 0.181. The first-order valence-corrected chi connectivity index (χ1v) is 5.86. The molecule has 88 valence electrons. The minimum atomic E-state index is 0.532. The lowest BCUT2D eigenvalue weighted by Gasteiger charge is -2.36. The van der Waals surface area contributed by atoms with E-state index >= 15 is 0 Å². The third-order valence-electron chi connectivity index (χ3n) is 3.01.